The topological polar surface area (TPSA) is 341 Å². The quantitative estimate of drug-likeness (QED) is 0.0391. The first-order chi connectivity index (χ1) is 38.7. The van der Waals surface area contributed by atoms with Gasteiger partial charge in [0.15, 0.2) is 0 Å². The summed E-state index contributed by atoms with van der Waals surface area (Å²) in [5.41, 5.74) is 43.0. The van der Waals surface area contributed by atoms with E-state index in [2.05, 4.69) is 124 Å². The number of benzene rings is 2. The van der Waals surface area contributed by atoms with Crippen molar-refractivity contribution in [2.75, 3.05) is 131 Å². The number of nitrogens with one attached hydrogen (secondary N) is 4. The fourth-order valence-electron chi connectivity index (χ4n) is 8.74. The van der Waals surface area contributed by atoms with E-state index in [0.29, 0.717) is 26.2 Å². The van der Waals surface area contributed by atoms with Crippen LogP contribution in [-0.4, -0.2) is 131 Å². The number of piperazine rings is 1. The Morgan fingerprint density at radius 3 is 1.49 bits per heavy atom. The van der Waals surface area contributed by atoms with Gasteiger partial charge in [-0.3, -0.25) is 0 Å². The first-order valence-electron chi connectivity index (χ1n) is 30.3. The zero-order valence-electron chi connectivity index (χ0n) is 51.6. The lowest BCUT2D eigenvalue weighted by Gasteiger charge is -2.27. The van der Waals surface area contributed by atoms with Crippen molar-refractivity contribution < 1.29 is 51.8 Å². The van der Waals surface area contributed by atoms with Crippen molar-refractivity contribution in [1.29, 1.82) is 0 Å². The Labute approximate surface area is 492 Å². The van der Waals surface area contributed by atoms with Crippen LogP contribution in [0.3, 0.4) is 0 Å². The number of rotatable bonds is 22. The van der Waals surface area contributed by atoms with Gasteiger partial charge < -0.3 is 103 Å². The van der Waals surface area contributed by atoms with Crippen LogP contribution in [0.15, 0.2) is 48.5 Å². The second kappa shape index (κ2) is 61.2. The Bertz CT molecular complexity index is 1480. The van der Waals surface area contributed by atoms with Gasteiger partial charge in [0.1, 0.15) is 0 Å². The number of nitrogens with two attached hydrogens (primary N) is 14. The number of hydrogen-bond donors (Lipinski definition) is 18. The molecule has 3 unspecified atom stereocenters. The van der Waals surface area contributed by atoms with Crippen LogP contribution in [0, 0.1) is 92.5 Å². The molecule has 2 saturated carbocycles. The fraction of sp³-hybridized carbons (Fsp3) is 0.656. The largest absolute Gasteiger partial charge is 0.479 e. The molecule has 32 N–H and O–H groups in total. The molecule has 0 aromatic heterocycles. The molecule has 3 atom stereocenters. The molecule has 0 amide bonds. The Morgan fingerprint density at radius 2 is 1.02 bits per heavy atom. The van der Waals surface area contributed by atoms with E-state index in [9.17, 15) is 0 Å². The Kier molecular flexibility index (Phi) is 62.7. The van der Waals surface area contributed by atoms with Crippen molar-refractivity contribution in [3.63, 3.8) is 0 Å². The lowest BCUT2D eigenvalue weighted by Crippen LogP contribution is -3.10. The molecule has 2 aromatic rings. The van der Waals surface area contributed by atoms with Crippen LogP contribution in [0.1, 0.15) is 93.9 Å². The van der Waals surface area contributed by atoms with E-state index in [1.165, 1.54) is 136 Å². The molecular formula is C61H134N18O. The summed E-state index contributed by atoms with van der Waals surface area (Å²) in [6, 6.07) is 16.5. The van der Waals surface area contributed by atoms with Crippen molar-refractivity contribution in [2.45, 2.75) is 97.8 Å². The van der Waals surface area contributed by atoms with E-state index in [1.807, 2.05) is 44.0 Å². The predicted octanol–water partition coefficient (Wildman–Crippen LogP) is -6.92. The maximum Gasteiger partial charge on any atom is 0.0934 e. The smallest absolute Gasteiger partial charge is 0.0934 e. The highest BCUT2D eigenvalue weighted by atomic mass is 16.5. The zero-order chi connectivity index (χ0) is 60.3. The molecule has 6 rings (SSSR count). The lowest BCUT2D eigenvalue weighted by atomic mass is 9.81. The Balaban J connectivity index is -0.000000841. The molecule has 2 heterocycles. The Morgan fingerprint density at radius 1 is 0.512 bits per heavy atom. The third kappa shape index (κ3) is 53.7. The highest BCUT2D eigenvalue weighted by Gasteiger charge is 2.21. The van der Waals surface area contributed by atoms with Crippen LogP contribution in [-0.2, 0) is 30.9 Å². The summed E-state index contributed by atoms with van der Waals surface area (Å²) in [5.74, 6) is 3.41. The summed E-state index contributed by atoms with van der Waals surface area (Å²) in [4.78, 5) is 2.81. The van der Waals surface area contributed by atoms with Crippen LogP contribution in [0.5, 0.6) is 0 Å². The van der Waals surface area contributed by atoms with Gasteiger partial charge in [0.05, 0.1) is 85.2 Å². The average molecular weight is 1140 g/mol. The van der Waals surface area contributed by atoms with E-state index < -0.39 is 0 Å². The van der Waals surface area contributed by atoms with Gasteiger partial charge in [-0.05, 0) is 87.1 Å². The monoisotopic (exact) mass is 1140 g/mol. The standard InChI is InChI=1S/C9H20N2.C9H14N2.C9H20N2.C9H14N2.C6H14N2.C6H16N2.C5H14N2O.C5H12N2.C3H10N2/c2*1-11-7-9-4-2-8(6-10)3-5-9;2*1-11-7-9-4-2-3-8(5-9)6-10;1-8-5-2-3-7-4-6-8;1-6(2,4-7)5-8-3;1-7-3-5-8-4-2-6;1-7-4-2-6-3-5-7;1-5-3-2-4/h8-9H,1-7,10-11H2;2-5H,1,6-7,10-11H2;8-9H,1-7,10-11H2;2-5H,1,6-7,10-11H2;7-8H,1-6H2;3-5,7-8H2,1-2H3;1-7H2;6-7H,1-5H2;1-5H2. The second-order valence-corrected chi connectivity index (χ2v) is 21.9. The van der Waals surface area contributed by atoms with Gasteiger partial charge in [0, 0.05) is 93.7 Å². The first-order valence-corrected chi connectivity index (χ1v) is 30.3. The van der Waals surface area contributed by atoms with E-state index in [-0.39, 0.29) is 5.41 Å². The molecule has 0 radical (unpaired) electrons. The van der Waals surface area contributed by atoms with Gasteiger partial charge in [-0.1, -0.05) is 62.7 Å². The molecule has 80 heavy (non-hydrogen) atoms. The molecule has 4 fully saturated rings. The maximum absolute atomic E-state index is 5.64. The van der Waals surface area contributed by atoms with Crippen molar-refractivity contribution >= 4 is 0 Å². The summed E-state index contributed by atoms with van der Waals surface area (Å²) in [7, 11) is 33.4. The van der Waals surface area contributed by atoms with Crippen LogP contribution in [0.4, 0.5) is 0 Å². The molecule has 474 valence electrons. The van der Waals surface area contributed by atoms with E-state index in [0.717, 1.165) is 109 Å². The molecule has 4 aliphatic rings. The van der Waals surface area contributed by atoms with Crippen LogP contribution in [0.2, 0.25) is 0 Å². The van der Waals surface area contributed by atoms with Crippen molar-refractivity contribution in [1.82, 2.24) is 10.6 Å². The minimum Gasteiger partial charge on any atom is -0.479 e. The fourth-order valence-corrected chi connectivity index (χ4v) is 8.74. The van der Waals surface area contributed by atoms with Crippen LogP contribution in [0.25, 0.3) is 0 Å². The molecular weight excluding hydrogens is 1000 g/mol. The summed E-state index contributed by atoms with van der Waals surface area (Å²) >= 11 is 0. The summed E-state index contributed by atoms with van der Waals surface area (Å²) in [6.45, 7) is 27.2. The third-order valence-electron chi connectivity index (χ3n) is 14.0. The molecule has 2 aromatic carbocycles. The van der Waals surface area contributed by atoms with Crippen LogP contribution < -0.4 is 97.8 Å². The maximum atomic E-state index is 5.64. The average Bonchev–Trinajstić information content (AvgIpc) is 3.74. The van der Waals surface area contributed by atoms with Crippen molar-refractivity contribution in [2.24, 2.45) is 69.2 Å². The summed E-state index contributed by atoms with van der Waals surface area (Å²) < 4.78 is 5.03. The molecule has 19 nitrogen and oxygen atoms in total. The van der Waals surface area contributed by atoms with Gasteiger partial charge in [0.2, 0.25) is 0 Å². The molecule has 0 spiro atoms. The van der Waals surface area contributed by atoms with E-state index >= 15 is 0 Å². The van der Waals surface area contributed by atoms with E-state index in [4.69, 9.17) is 44.9 Å². The minimum atomic E-state index is 0.252. The van der Waals surface area contributed by atoms with Gasteiger partial charge in [0.25, 0.3) is 0 Å². The van der Waals surface area contributed by atoms with Gasteiger partial charge in [-0.25, -0.2) is 0 Å². The number of hydrogen-bond acceptors (Lipinski definition) is 10. The number of quaternary nitrogens is 9. The first kappa shape index (κ1) is 81.9. The summed E-state index contributed by atoms with van der Waals surface area (Å²) in [6.07, 6.45) is 12.2. The highest BCUT2D eigenvalue weighted by molar-refractivity contribution is 5.22. The lowest BCUT2D eigenvalue weighted by molar-refractivity contribution is -0.855. The van der Waals surface area contributed by atoms with E-state index in [1.54, 1.807) is 5.32 Å². The second-order valence-electron chi connectivity index (χ2n) is 21.9. The SMILES string of the molecule is [CH2-][NH+]1CCCNCC1.[CH2-][NH+]1CCNCC1.[CH2-][NH2+]CC(C)(C)CN.[CH2-][NH2+]CC1CCC(CN)CC1.[CH2-][NH2+]CC1CCCC(CN)C1.[CH2-][NH2+]CCN.[CH2-][NH2+]CCOCCN.[CH2-][NH2+]Cc1ccc(CN)cc1.[CH2-][NH2+]Cc1cccc(CN)c1. The minimum absolute atomic E-state index is 0.252. The molecule has 2 saturated heterocycles. The van der Waals surface area contributed by atoms with Gasteiger partial charge in [-0.15, -0.1) is 0 Å². The molecule has 2 aliphatic carbocycles. The van der Waals surface area contributed by atoms with Crippen molar-refractivity contribution in [3.05, 3.63) is 134 Å². The molecule has 19 heteroatoms. The predicted molar refractivity (Wildman–Crippen MR) is 335 cm³/mol. The summed E-state index contributed by atoms with van der Waals surface area (Å²) in [5, 5.41) is 20.0. The normalized spacial score (nSPS) is 19.7. The van der Waals surface area contributed by atoms with Gasteiger partial charge >= 0.3 is 0 Å². The third-order valence-corrected chi connectivity index (χ3v) is 14.0. The highest BCUT2D eigenvalue weighted by Crippen LogP contribution is 2.27. The van der Waals surface area contributed by atoms with Crippen molar-refractivity contribution in [3.8, 4) is 0 Å². The van der Waals surface area contributed by atoms with Gasteiger partial charge in [-0.2, -0.15) is 63.4 Å². The molecule has 0 bridgehead atoms. The van der Waals surface area contributed by atoms with Crippen LogP contribution >= 0.6 is 0 Å². The zero-order valence-corrected chi connectivity index (χ0v) is 51.6. The number of ether oxygens (including phenoxy) is 1. The Hall–Kier alpha value is -2.32. The molecule has 2 aliphatic heterocycles.